The molecule has 0 saturated heterocycles. The molecule has 0 aliphatic heterocycles. The molecular formula is C48H29N3O. The van der Waals surface area contributed by atoms with E-state index in [0.29, 0.717) is 5.82 Å². The van der Waals surface area contributed by atoms with Crippen LogP contribution in [-0.4, -0.2) is 14.5 Å². The number of hydrogen-bond donors (Lipinski definition) is 0. The quantitative estimate of drug-likeness (QED) is 0.188. The fourth-order valence-corrected chi connectivity index (χ4v) is 8.00. The van der Waals surface area contributed by atoms with E-state index in [9.17, 15) is 0 Å². The third-order valence-corrected chi connectivity index (χ3v) is 10.4. The van der Waals surface area contributed by atoms with E-state index in [0.717, 1.165) is 55.7 Å². The Balaban J connectivity index is 1.11. The molecule has 0 amide bonds. The predicted octanol–water partition coefficient (Wildman–Crippen LogP) is 12.8. The Bertz CT molecular complexity index is 3080. The summed E-state index contributed by atoms with van der Waals surface area (Å²) >= 11 is 0. The summed E-state index contributed by atoms with van der Waals surface area (Å²) in [5, 5.41) is 9.70. The highest BCUT2D eigenvalue weighted by molar-refractivity contribution is 6.28. The van der Waals surface area contributed by atoms with Crippen LogP contribution in [0, 0.1) is 0 Å². The van der Waals surface area contributed by atoms with Gasteiger partial charge in [0.15, 0.2) is 5.82 Å². The molecule has 4 heteroatoms. The minimum atomic E-state index is 0.631. The third kappa shape index (κ3) is 4.34. The molecule has 0 N–H and O–H groups in total. The Morgan fingerprint density at radius 1 is 0.423 bits per heavy atom. The van der Waals surface area contributed by atoms with Crippen LogP contribution in [0.2, 0.25) is 0 Å². The molecule has 242 valence electrons. The molecule has 0 aliphatic rings. The number of benzene rings is 8. The van der Waals surface area contributed by atoms with Gasteiger partial charge in [0.05, 0.1) is 28.0 Å². The summed E-state index contributed by atoms with van der Waals surface area (Å²) in [5.41, 5.74) is 9.74. The molecule has 0 fully saturated rings. The Kier molecular flexibility index (Phi) is 6.22. The molecule has 8 aromatic carbocycles. The van der Waals surface area contributed by atoms with E-state index < -0.39 is 0 Å². The highest BCUT2D eigenvalue weighted by Gasteiger charge is 2.19. The van der Waals surface area contributed by atoms with E-state index >= 15 is 0 Å². The summed E-state index contributed by atoms with van der Waals surface area (Å²) in [5.74, 6) is 0.631. The van der Waals surface area contributed by atoms with Crippen LogP contribution in [-0.2, 0) is 0 Å². The second kappa shape index (κ2) is 11.2. The molecule has 0 atom stereocenters. The lowest BCUT2D eigenvalue weighted by atomic mass is 10.00. The lowest BCUT2D eigenvalue weighted by Gasteiger charge is -2.12. The zero-order chi connectivity index (χ0) is 34.2. The molecule has 0 bridgehead atoms. The van der Waals surface area contributed by atoms with Gasteiger partial charge in [-0.3, -0.25) is 0 Å². The van der Waals surface area contributed by atoms with Crippen molar-refractivity contribution in [1.29, 1.82) is 0 Å². The van der Waals surface area contributed by atoms with E-state index in [1.807, 2.05) is 36.4 Å². The third-order valence-electron chi connectivity index (χ3n) is 10.4. The topological polar surface area (TPSA) is 43.9 Å². The molecule has 52 heavy (non-hydrogen) atoms. The SMILES string of the molecule is c1ccc(-c2cc(-c3ccc(-n4c5ccc6ccccc6c5c5c6ccccc6ccc54)cc3)nc(-c3cccc4c3oc3ccccc34)n2)cc1. The van der Waals surface area contributed by atoms with Gasteiger partial charge in [0.1, 0.15) is 11.2 Å². The largest absolute Gasteiger partial charge is 0.455 e. The lowest BCUT2D eigenvalue weighted by molar-refractivity contribution is 0.669. The fourth-order valence-electron chi connectivity index (χ4n) is 8.00. The van der Waals surface area contributed by atoms with Gasteiger partial charge >= 0.3 is 0 Å². The summed E-state index contributed by atoms with van der Waals surface area (Å²) in [6.45, 7) is 0. The standard InChI is InChI=1S/C48H29N3O/c1-2-13-32(14-3-1)40-29-41(50-48(49-40)39-19-10-18-38-37-17-8-9-20-44(37)52-47(38)39)33-21-25-34(26-22-33)51-42-27-23-30-11-4-6-15-35(30)45(42)46-36-16-7-5-12-31(36)24-28-43(46)51/h1-29H. The molecular weight excluding hydrogens is 635 g/mol. The van der Waals surface area contributed by atoms with E-state index in [1.54, 1.807) is 0 Å². The van der Waals surface area contributed by atoms with Crippen LogP contribution in [0.15, 0.2) is 180 Å². The summed E-state index contributed by atoms with van der Waals surface area (Å²) < 4.78 is 8.83. The first kappa shape index (κ1) is 28.8. The normalized spacial score (nSPS) is 11.8. The van der Waals surface area contributed by atoms with Crippen LogP contribution >= 0.6 is 0 Å². The number of furan rings is 1. The van der Waals surface area contributed by atoms with Crippen LogP contribution < -0.4 is 0 Å². The molecule has 0 aliphatic carbocycles. The Morgan fingerprint density at radius 2 is 0.981 bits per heavy atom. The molecule has 0 unspecified atom stereocenters. The van der Waals surface area contributed by atoms with Crippen LogP contribution in [0.1, 0.15) is 0 Å². The van der Waals surface area contributed by atoms with Crippen molar-refractivity contribution < 1.29 is 4.42 Å². The number of para-hydroxylation sites is 2. The van der Waals surface area contributed by atoms with Gasteiger partial charge in [-0.15, -0.1) is 0 Å². The van der Waals surface area contributed by atoms with E-state index in [2.05, 4.69) is 144 Å². The van der Waals surface area contributed by atoms with Gasteiger partial charge in [0.2, 0.25) is 0 Å². The monoisotopic (exact) mass is 663 g/mol. The molecule has 0 radical (unpaired) electrons. The van der Waals surface area contributed by atoms with Crippen molar-refractivity contribution in [3.8, 4) is 39.6 Å². The van der Waals surface area contributed by atoms with Crippen molar-refractivity contribution in [3.05, 3.63) is 176 Å². The number of fused-ring (bicyclic) bond motifs is 10. The molecule has 4 nitrogen and oxygen atoms in total. The summed E-state index contributed by atoms with van der Waals surface area (Å²) in [6.07, 6.45) is 0. The number of aromatic nitrogens is 3. The van der Waals surface area contributed by atoms with Crippen LogP contribution in [0.25, 0.3) is 105 Å². The molecule has 0 spiro atoms. The minimum absolute atomic E-state index is 0.631. The maximum Gasteiger partial charge on any atom is 0.164 e. The zero-order valence-electron chi connectivity index (χ0n) is 28.0. The molecule has 0 saturated carbocycles. The molecule has 11 rings (SSSR count). The van der Waals surface area contributed by atoms with Gasteiger partial charge in [-0.2, -0.15) is 0 Å². The first-order valence-electron chi connectivity index (χ1n) is 17.6. The maximum absolute atomic E-state index is 6.43. The number of nitrogens with zero attached hydrogens (tertiary/aromatic N) is 3. The smallest absolute Gasteiger partial charge is 0.164 e. The second-order valence-electron chi connectivity index (χ2n) is 13.4. The van der Waals surface area contributed by atoms with Crippen LogP contribution in [0.3, 0.4) is 0 Å². The Morgan fingerprint density at radius 3 is 1.65 bits per heavy atom. The summed E-state index contributed by atoms with van der Waals surface area (Å²) in [7, 11) is 0. The fraction of sp³-hybridized carbons (Fsp3) is 0. The van der Waals surface area contributed by atoms with Crippen molar-refractivity contribution in [2.75, 3.05) is 0 Å². The van der Waals surface area contributed by atoms with Gasteiger partial charge in [0, 0.05) is 38.4 Å². The minimum Gasteiger partial charge on any atom is -0.455 e. The van der Waals surface area contributed by atoms with Crippen molar-refractivity contribution in [1.82, 2.24) is 14.5 Å². The van der Waals surface area contributed by atoms with Crippen molar-refractivity contribution in [2.45, 2.75) is 0 Å². The van der Waals surface area contributed by atoms with Gasteiger partial charge in [0.25, 0.3) is 0 Å². The van der Waals surface area contributed by atoms with Gasteiger partial charge < -0.3 is 8.98 Å². The van der Waals surface area contributed by atoms with Crippen LogP contribution in [0.5, 0.6) is 0 Å². The van der Waals surface area contributed by atoms with Gasteiger partial charge in [-0.1, -0.05) is 133 Å². The van der Waals surface area contributed by atoms with Crippen molar-refractivity contribution in [2.24, 2.45) is 0 Å². The Labute approximate surface area is 298 Å². The first-order chi connectivity index (χ1) is 25.8. The van der Waals surface area contributed by atoms with Gasteiger partial charge in [-0.05, 0) is 64.0 Å². The lowest BCUT2D eigenvalue weighted by Crippen LogP contribution is -1.97. The average molecular weight is 664 g/mol. The molecule has 3 heterocycles. The van der Waals surface area contributed by atoms with E-state index in [1.165, 1.54) is 43.4 Å². The highest BCUT2D eigenvalue weighted by Crippen LogP contribution is 2.41. The van der Waals surface area contributed by atoms with Crippen molar-refractivity contribution >= 4 is 65.3 Å². The van der Waals surface area contributed by atoms with E-state index in [-0.39, 0.29) is 0 Å². The predicted molar refractivity (Wildman–Crippen MR) is 215 cm³/mol. The Hall–Kier alpha value is -7.04. The summed E-state index contributed by atoms with van der Waals surface area (Å²) in [4.78, 5) is 10.3. The van der Waals surface area contributed by atoms with E-state index in [4.69, 9.17) is 14.4 Å². The number of hydrogen-bond acceptors (Lipinski definition) is 3. The highest BCUT2D eigenvalue weighted by atomic mass is 16.3. The second-order valence-corrected chi connectivity index (χ2v) is 13.4. The maximum atomic E-state index is 6.43. The molecule has 11 aromatic rings. The van der Waals surface area contributed by atoms with Crippen molar-refractivity contribution in [3.63, 3.8) is 0 Å². The van der Waals surface area contributed by atoms with Crippen LogP contribution in [0.4, 0.5) is 0 Å². The summed E-state index contributed by atoms with van der Waals surface area (Å²) in [6, 6.07) is 61.9. The first-order valence-corrected chi connectivity index (χ1v) is 17.6. The molecule has 3 aromatic heterocycles. The van der Waals surface area contributed by atoms with Gasteiger partial charge in [-0.25, -0.2) is 9.97 Å². The average Bonchev–Trinajstić information content (AvgIpc) is 3.78. The zero-order valence-corrected chi connectivity index (χ0v) is 28.0. The number of rotatable bonds is 4.